The highest BCUT2D eigenvalue weighted by molar-refractivity contribution is 7.86. The van der Waals surface area contributed by atoms with Crippen LogP contribution >= 0.6 is 0 Å². The molecule has 25 heavy (non-hydrogen) atoms. The predicted octanol–water partition coefficient (Wildman–Crippen LogP) is 4.56. The Labute approximate surface area is 150 Å². The zero-order valence-corrected chi connectivity index (χ0v) is 16.3. The van der Waals surface area contributed by atoms with Crippen LogP contribution in [0.3, 0.4) is 0 Å². The van der Waals surface area contributed by atoms with Crippen molar-refractivity contribution in [2.75, 3.05) is 0 Å². The van der Waals surface area contributed by atoms with E-state index < -0.39 is 16.4 Å². The highest BCUT2D eigenvalue weighted by Gasteiger charge is 2.19. The topological polar surface area (TPSA) is 52.6 Å². The summed E-state index contributed by atoms with van der Waals surface area (Å²) in [4.78, 5) is 0.128. The molecule has 0 heterocycles. The van der Waals surface area contributed by atoms with E-state index in [4.69, 9.17) is 8.92 Å². The van der Waals surface area contributed by atoms with Gasteiger partial charge in [-0.15, -0.1) is 0 Å². The molecule has 0 saturated heterocycles. The van der Waals surface area contributed by atoms with Crippen LogP contribution in [0.4, 0.5) is 0 Å². The van der Waals surface area contributed by atoms with Crippen LogP contribution in [0, 0.1) is 6.92 Å². The van der Waals surface area contributed by atoms with E-state index in [0.717, 1.165) is 11.1 Å². The number of aryl methyl sites for hydroxylation is 1. The van der Waals surface area contributed by atoms with Crippen LogP contribution in [-0.4, -0.2) is 14.7 Å². The Morgan fingerprint density at radius 3 is 2.04 bits per heavy atom. The summed E-state index contributed by atoms with van der Waals surface area (Å²) in [6.45, 7) is 10.2. The van der Waals surface area contributed by atoms with Crippen molar-refractivity contribution in [3.05, 3.63) is 65.2 Å². The Balaban J connectivity index is 1.94. The second kappa shape index (κ2) is 7.68. The third-order valence-corrected chi connectivity index (χ3v) is 5.25. The first-order valence-electron chi connectivity index (χ1n) is 8.29. The Morgan fingerprint density at radius 1 is 0.960 bits per heavy atom. The van der Waals surface area contributed by atoms with Crippen molar-refractivity contribution in [1.82, 2.24) is 0 Å². The fraction of sp³-hybridized carbons (Fsp3) is 0.400. The van der Waals surface area contributed by atoms with Gasteiger partial charge in [0.25, 0.3) is 10.1 Å². The van der Waals surface area contributed by atoms with Crippen molar-refractivity contribution >= 4 is 10.1 Å². The number of benzene rings is 2. The average Bonchev–Trinajstić information content (AvgIpc) is 2.52. The van der Waals surface area contributed by atoms with Crippen LogP contribution in [0.2, 0.25) is 0 Å². The molecule has 0 spiro atoms. The normalized spacial score (nSPS) is 13.6. The SMILES string of the molecule is Cc1ccc(S(=O)(=O)OC(C)OCc2ccc(C(C)(C)C)cc2)cc1. The molecule has 0 amide bonds. The van der Waals surface area contributed by atoms with E-state index in [1.165, 1.54) is 17.7 Å². The summed E-state index contributed by atoms with van der Waals surface area (Å²) >= 11 is 0. The van der Waals surface area contributed by atoms with Gasteiger partial charge < -0.3 is 4.74 Å². The molecule has 0 aliphatic carbocycles. The molecule has 0 aliphatic heterocycles. The molecule has 136 valence electrons. The maximum absolute atomic E-state index is 12.2. The first kappa shape index (κ1) is 19.6. The minimum Gasteiger partial charge on any atom is -0.347 e. The number of ether oxygens (including phenoxy) is 1. The lowest BCUT2D eigenvalue weighted by atomic mass is 9.87. The van der Waals surface area contributed by atoms with E-state index in [1.54, 1.807) is 19.1 Å². The summed E-state index contributed by atoms with van der Waals surface area (Å²) in [5, 5.41) is 0. The van der Waals surface area contributed by atoms with Gasteiger partial charge in [-0.05, 0) is 42.5 Å². The molecule has 0 fully saturated rings. The minimum atomic E-state index is -3.83. The van der Waals surface area contributed by atoms with Crippen molar-refractivity contribution < 1.29 is 17.3 Å². The van der Waals surface area contributed by atoms with Crippen molar-refractivity contribution in [2.24, 2.45) is 0 Å². The van der Waals surface area contributed by atoms with Crippen molar-refractivity contribution in [1.29, 1.82) is 0 Å². The second-order valence-corrected chi connectivity index (χ2v) is 8.76. The van der Waals surface area contributed by atoms with Crippen LogP contribution in [-0.2, 0) is 31.1 Å². The molecule has 5 heteroatoms. The van der Waals surface area contributed by atoms with Gasteiger partial charge in [-0.1, -0.05) is 62.7 Å². The molecular formula is C20H26O4S. The van der Waals surface area contributed by atoms with E-state index in [1.807, 2.05) is 19.1 Å². The number of hydrogen-bond donors (Lipinski definition) is 0. The maximum atomic E-state index is 12.2. The smallest absolute Gasteiger partial charge is 0.299 e. The van der Waals surface area contributed by atoms with Gasteiger partial charge in [-0.25, -0.2) is 4.18 Å². The molecule has 2 rings (SSSR count). The molecule has 4 nitrogen and oxygen atoms in total. The summed E-state index contributed by atoms with van der Waals surface area (Å²) in [5.74, 6) is 0. The van der Waals surface area contributed by atoms with Crippen molar-refractivity contribution in [2.45, 2.75) is 57.8 Å². The third kappa shape index (κ3) is 5.66. The summed E-state index contributed by atoms with van der Waals surface area (Å²) in [6, 6.07) is 14.6. The van der Waals surface area contributed by atoms with Gasteiger partial charge in [0.15, 0.2) is 6.29 Å². The standard InChI is InChI=1S/C20H26O4S/c1-15-6-12-19(13-7-15)25(21,22)24-16(2)23-14-17-8-10-18(11-9-17)20(3,4)5/h6-13,16H,14H2,1-5H3. The molecule has 0 radical (unpaired) electrons. The van der Waals surface area contributed by atoms with Gasteiger partial charge in [0.05, 0.1) is 11.5 Å². The van der Waals surface area contributed by atoms with Crippen LogP contribution < -0.4 is 0 Å². The highest BCUT2D eigenvalue weighted by atomic mass is 32.2. The van der Waals surface area contributed by atoms with Crippen LogP contribution in [0.25, 0.3) is 0 Å². The monoisotopic (exact) mass is 362 g/mol. The summed E-state index contributed by atoms with van der Waals surface area (Å²) in [7, 11) is -3.83. The fourth-order valence-corrected chi connectivity index (χ4v) is 3.27. The molecular weight excluding hydrogens is 336 g/mol. The van der Waals surface area contributed by atoms with E-state index in [-0.39, 0.29) is 16.9 Å². The molecule has 0 N–H and O–H groups in total. The number of rotatable bonds is 6. The molecule has 0 aromatic heterocycles. The van der Waals surface area contributed by atoms with Crippen molar-refractivity contribution in [3.8, 4) is 0 Å². The van der Waals surface area contributed by atoms with Crippen LogP contribution in [0.15, 0.2) is 53.4 Å². The Bertz CT molecular complexity index is 785. The molecule has 2 aromatic rings. The van der Waals surface area contributed by atoms with Crippen molar-refractivity contribution in [3.63, 3.8) is 0 Å². The zero-order valence-electron chi connectivity index (χ0n) is 15.4. The first-order chi connectivity index (χ1) is 11.6. The largest absolute Gasteiger partial charge is 0.347 e. The van der Waals surface area contributed by atoms with Crippen LogP contribution in [0.5, 0.6) is 0 Å². The molecule has 0 aliphatic rings. The first-order valence-corrected chi connectivity index (χ1v) is 9.70. The Hall–Kier alpha value is -1.69. The lowest BCUT2D eigenvalue weighted by Crippen LogP contribution is -2.18. The second-order valence-electron chi connectivity index (χ2n) is 7.19. The molecule has 2 aromatic carbocycles. The maximum Gasteiger partial charge on any atom is 0.299 e. The summed E-state index contributed by atoms with van der Waals surface area (Å²) in [6.07, 6.45) is -0.867. The molecule has 1 atom stereocenters. The van der Waals surface area contributed by atoms with Gasteiger partial charge in [-0.2, -0.15) is 8.42 Å². The van der Waals surface area contributed by atoms with Gasteiger partial charge in [0.1, 0.15) is 0 Å². The third-order valence-electron chi connectivity index (χ3n) is 3.88. The predicted molar refractivity (Wildman–Crippen MR) is 98.8 cm³/mol. The lowest BCUT2D eigenvalue weighted by Gasteiger charge is -2.19. The average molecular weight is 362 g/mol. The lowest BCUT2D eigenvalue weighted by molar-refractivity contribution is -0.0721. The molecule has 1 unspecified atom stereocenters. The van der Waals surface area contributed by atoms with Gasteiger partial charge in [0.2, 0.25) is 0 Å². The minimum absolute atomic E-state index is 0.0951. The van der Waals surface area contributed by atoms with Gasteiger partial charge in [-0.3, -0.25) is 0 Å². The van der Waals surface area contributed by atoms with Gasteiger partial charge >= 0.3 is 0 Å². The summed E-state index contributed by atoms with van der Waals surface area (Å²) in [5.41, 5.74) is 3.29. The fourth-order valence-electron chi connectivity index (χ4n) is 2.28. The molecule has 0 bridgehead atoms. The molecule has 0 saturated carbocycles. The van der Waals surface area contributed by atoms with E-state index in [9.17, 15) is 8.42 Å². The van der Waals surface area contributed by atoms with E-state index in [0.29, 0.717) is 0 Å². The van der Waals surface area contributed by atoms with E-state index >= 15 is 0 Å². The van der Waals surface area contributed by atoms with E-state index in [2.05, 4.69) is 32.9 Å². The van der Waals surface area contributed by atoms with Gasteiger partial charge in [0, 0.05) is 0 Å². The Morgan fingerprint density at radius 2 is 1.52 bits per heavy atom. The zero-order chi connectivity index (χ0) is 18.7. The Kier molecular flexibility index (Phi) is 6.03. The summed E-state index contributed by atoms with van der Waals surface area (Å²) < 4.78 is 35.1. The highest BCUT2D eigenvalue weighted by Crippen LogP contribution is 2.22. The number of hydrogen-bond acceptors (Lipinski definition) is 4. The quantitative estimate of drug-likeness (QED) is 0.558. The van der Waals surface area contributed by atoms with Crippen LogP contribution in [0.1, 0.15) is 44.4 Å².